The van der Waals surface area contributed by atoms with Crippen molar-refractivity contribution in [3.05, 3.63) is 28.3 Å². The molecule has 0 radical (unpaired) electrons. The third-order valence-corrected chi connectivity index (χ3v) is 2.79. The number of para-hydroxylation sites is 1. The van der Waals surface area contributed by atoms with Crippen LogP contribution in [0.5, 0.6) is 5.75 Å². The van der Waals surface area contributed by atoms with E-state index >= 15 is 0 Å². The van der Waals surface area contributed by atoms with Gasteiger partial charge in [-0.25, -0.2) is 8.42 Å². The van der Waals surface area contributed by atoms with Crippen LogP contribution in [0, 0.1) is 10.1 Å². The standard InChI is InChI=1S/C6H4ClNO5S/c7-14(12,13)5-3-1-2-4(6(5)9)8(10)11/h1-3,9H. The zero-order valence-electron chi connectivity index (χ0n) is 6.55. The molecule has 6 nitrogen and oxygen atoms in total. The number of benzene rings is 1. The highest BCUT2D eigenvalue weighted by atomic mass is 35.7. The third-order valence-electron chi connectivity index (χ3n) is 1.44. The summed E-state index contributed by atoms with van der Waals surface area (Å²) >= 11 is 0. The van der Waals surface area contributed by atoms with Crippen LogP contribution in [0.25, 0.3) is 0 Å². The molecule has 8 heteroatoms. The van der Waals surface area contributed by atoms with Gasteiger partial charge in [0.05, 0.1) is 4.92 Å². The lowest BCUT2D eigenvalue weighted by atomic mass is 10.3. The first-order valence-corrected chi connectivity index (χ1v) is 5.56. The van der Waals surface area contributed by atoms with Crippen LogP contribution in [-0.2, 0) is 9.05 Å². The molecular weight excluding hydrogens is 234 g/mol. The molecule has 0 saturated carbocycles. The van der Waals surface area contributed by atoms with E-state index in [4.69, 9.17) is 10.7 Å². The van der Waals surface area contributed by atoms with Crippen LogP contribution < -0.4 is 0 Å². The maximum atomic E-state index is 10.8. The van der Waals surface area contributed by atoms with E-state index in [0.717, 1.165) is 18.2 Å². The Morgan fingerprint density at radius 1 is 1.43 bits per heavy atom. The lowest BCUT2D eigenvalue weighted by Crippen LogP contribution is -1.95. The van der Waals surface area contributed by atoms with Crippen LogP contribution in [0.2, 0.25) is 0 Å². The number of halogens is 1. The average molecular weight is 238 g/mol. The van der Waals surface area contributed by atoms with Crippen molar-refractivity contribution in [3.63, 3.8) is 0 Å². The van der Waals surface area contributed by atoms with Crippen molar-refractivity contribution >= 4 is 25.4 Å². The van der Waals surface area contributed by atoms with Gasteiger partial charge >= 0.3 is 5.69 Å². The molecule has 0 bridgehead atoms. The van der Waals surface area contributed by atoms with Gasteiger partial charge in [-0.2, -0.15) is 0 Å². The second-order valence-electron chi connectivity index (χ2n) is 2.32. The van der Waals surface area contributed by atoms with Crippen molar-refractivity contribution in [3.8, 4) is 5.75 Å². The Morgan fingerprint density at radius 2 is 2.00 bits per heavy atom. The first-order valence-electron chi connectivity index (χ1n) is 3.25. The Kier molecular flexibility index (Phi) is 2.63. The molecule has 14 heavy (non-hydrogen) atoms. The van der Waals surface area contributed by atoms with Gasteiger partial charge in [0.2, 0.25) is 5.75 Å². The number of hydrogen-bond acceptors (Lipinski definition) is 5. The minimum atomic E-state index is -4.17. The lowest BCUT2D eigenvalue weighted by molar-refractivity contribution is -0.386. The molecule has 76 valence electrons. The molecule has 0 aliphatic carbocycles. The number of phenols is 1. The molecule has 1 N–H and O–H groups in total. The zero-order valence-corrected chi connectivity index (χ0v) is 8.12. The van der Waals surface area contributed by atoms with Gasteiger partial charge in [-0.3, -0.25) is 10.1 Å². The zero-order chi connectivity index (χ0) is 10.9. The minimum Gasteiger partial charge on any atom is -0.501 e. The van der Waals surface area contributed by atoms with Crippen LogP contribution in [-0.4, -0.2) is 18.4 Å². The summed E-state index contributed by atoms with van der Waals surface area (Å²) in [5.41, 5.74) is -0.702. The number of aromatic hydroxyl groups is 1. The molecule has 0 aliphatic heterocycles. The number of nitro groups is 1. The van der Waals surface area contributed by atoms with Crippen LogP contribution in [0.15, 0.2) is 23.1 Å². The fraction of sp³-hybridized carbons (Fsp3) is 0. The summed E-state index contributed by atoms with van der Waals surface area (Å²) in [6.07, 6.45) is 0. The first kappa shape index (κ1) is 10.7. The summed E-state index contributed by atoms with van der Waals surface area (Å²) in [5.74, 6) is -0.951. The normalized spacial score (nSPS) is 11.2. The van der Waals surface area contributed by atoms with Gasteiger partial charge in [0.15, 0.2) is 0 Å². The molecule has 0 aromatic heterocycles. The van der Waals surface area contributed by atoms with Crippen LogP contribution >= 0.6 is 10.7 Å². The second-order valence-corrected chi connectivity index (χ2v) is 4.85. The van der Waals surface area contributed by atoms with Gasteiger partial charge < -0.3 is 5.11 Å². The summed E-state index contributed by atoms with van der Waals surface area (Å²) in [7, 11) is 0.758. The predicted octanol–water partition coefficient (Wildman–Crippen LogP) is 1.23. The van der Waals surface area contributed by atoms with E-state index in [9.17, 15) is 23.6 Å². The van der Waals surface area contributed by atoms with E-state index in [2.05, 4.69) is 0 Å². The molecule has 0 atom stereocenters. The highest BCUT2D eigenvalue weighted by Gasteiger charge is 2.23. The highest BCUT2D eigenvalue weighted by molar-refractivity contribution is 8.13. The summed E-state index contributed by atoms with van der Waals surface area (Å²) < 4.78 is 21.6. The van der Waals surface area contributed by atoms with E-state index < -0.39 is 30.3 Å². The van der Waals surface area contributed by atoms with Gasteiger partial charge in [-0.05, 0) is 6.07 Å². The largest absolute Gasteiger partial charge is 0.501 e. The highest BCUT2D eigenvalue weighted by Crippen LogP contribution is 2.33. The van der Waals surface area contributed by atoms with Crippen molar-refractivity contribution in [2.45, 2.75) is 4.90 Å². The monoisotopic (exact) mass is 237 g/mol. The molecule has 1 aromatic rings. The lowest BCUT2D eigenvalue weighted by Gasteiger charge is -1.99. The molecule has 0 amide bonds. The van der Waals surface area contributed by atoms with Crippen molar-refractivity contribution in [1.29, 1.82) is 0 Å². The second kappa shape index (κ2) is 3.43. The number of nitro benzene ring substituents is 1. The van der Waals surface area contributed by atoms with Crippen molar-refractivity contribution < 1.29 is 18.4 Å². The Hall–Kier alpha value is -1.34. The molecule has 0 spiro atoms. The van der Waals surface area contributed by atoms with Gasteiger partial charge in [-0.15, -0.1) is 0 Å². The Bertz CT molecular complexity index is 483. The summed E-state index contributed by atoms with van der Waals surface area (Å²) in [6.45, 7) is 0. The van der Waals surface area contributed by atoms with Gasteiger partial charge in [0.25, 0.3) is 9.05 Å². The van der Waals surface area contributed by atoms with Gasteiger partial charge in [0.1, 0.15) is 4.90 Å². The molecule has 0 unspecified atom stereocenters. The average Bonchev–Trinajstić information content (AvgIpc) is 2.01. The van der Waals surface area contributed by atoms with E-state index in [1.165, 1.54) is 0 Å². The third kappa shape index (κ3) is 1.94. The number of nitrogens with zero attached hydrogens (tertiary/aromatic N) is 1. The summed E-state index contributed by atoms with van der Waals surface area (Å²) in [6, 6.07) is 3.07. The molecular formula is C6H4ClNO5S. The molecule has 0 heterocycles. The van der Waals surface area contributed by atoms with E-state index in [0.29, 0.717) is 0 Å². The van der Waals surface area contributed by atoms with Gasteiger partial charge in [0, 0.05) is 16.7 Å². The first-order chi connectivity index (χ1) is 6.34. The van der Waals surface area contributed by atoms with Crippen LogP contribution in [0.3, 0.4) is 0 Å². The molecule has 0 saturated heterocycles. The van der Waals surface area contributed by atoms with Crippen molar-refractivity contribution in [2.24, 2.45) is 0 Å². The topological polar surface area (TPSA) is 97.5 Å². The summed E-state index contributed by atoms with van der Waals surface area (Å²) in [4.78, 5) is 8.73. The fourth-order valence-corrected chi connectivity index (χ4v) is 1.80. The number of rotatable bonds is 2. The van der Waals surface area contributed by atoms with Crippen molar-refractivity contribution in [1.82, 2.24) is 0 Å². The van der Waals surface area contributed by atoms with Crippen LogP contribution in [0.4, 0.5) is 5.69 Å². The maximum absolute atomic E-state index is 10.8. The number of phenolic OH excluding ortho intramolecular Hbond substituents is 1. The van der Waals surface area contributed by atoms with Crippen molar-refractivity contribution in [2.75, 3.05) is 0 Å². The molecule has 1 rings (SSSR count). The fourth-order valence-electron chi connectivity index (χ4n) is 0.855. The Labute approximate surface area is 83.3 Å². The van der Waals surface area contributed by atoms with E-state index in [-0.39, 0.29) is 0 Å². The van der Waals surface area contributed by atoms with E-state index in [1.807, 2.05) is 0 Å². The van der Waals surface area contributed by atoms with E-state index in [1.54, 1.807) is 0 Å². The predicted molar refractivity (Wildman–Crippen MR) is 47.8 cm³/mol. The maximum Gasteiger partial charge on any atom is 0.312 e. The Balaban J connectivity index is 3.51. The molecule has 0 aliphatic rings. The minimum absolute atomic E-state index is 0.673. The smallest absolute Gasteiger partial charge is 0.312 e. The SMILES string of the molecule is O=[N+]([O-])c1cccc(S(=O)(=O)Cl)c1O. The molecule has 0 fully saturated rings. The van der Waals surface area contributed by atoms with Crippen LogP contribution in [0.1, 0.15) is 0 Å². The summed E-state index contributed by atoms with van der Waals surface area (Å²) in [5, 5.41) is 19.5. The quantitative estimate of drug-likeness (QED) is 0.474. The number of hydrogen-bond donors (Lipinski definition) is 1. The Morgan fingerprint density at radius 3 is 2.43 bits per heavy atom. The van der Waals surface area contributed by atoms with Gasteiger partial charge in [-0.1, -0.05) is 6.07 Å². The molecule has 1 aromatic carbocycles.